The highest BCUT2D eigenvalue weighted by atomic mass is 19.1. The molecule has 0 radical (unpaired) electrons. The zero-order valence-corrected chi connectivity index (χ0v) is 10.9. The van der Waals surface area contributed by atoms with Crippen LogP contribution in [0.25, 0.3) is 0 Å². The molecule has 0 spiro atoms. The highest BCUT2D eigenvalue weighted by Gasteiger charge is 2.20. The third kappa shape index (κ3) is 3.84. The minimum Gasteiger partial charge on any atom is -0.352 e. The number of amides is 1. The molecule has 0 atom stereocenters. The summed E-state index contributed by atoms with van der Waals surface area (Å²) < 4.78 is 13.7. The molecule has 0 saturated carbocycles. The van der Waals surface area contributed by atoms with Gasteiger partial charge in [-0.2, -0.15) is 0 Å². The summed E-state index contributed by atoms with van der Waals surface area (Å²) in [6, 6.07) is 4.80. The van der Waals surface area contributed by atoms with Gasteiger partial charge in [0.05, 0.1) is 5.56 Å². The standard InChI is InChI=1S/C14H20FNO/c1-5-16-13(17)12-10(9-14(2,3)4)7-6-8-11(12)15/h6-8H,5,9H2,1-4H3,(H,16,17). The minimum atomic E-state index is -0.447. The summed E-state index contributed by atoms with van der Waals surface area (Å²) in [6.07, 6.45) is 0.678. The number of carbonyl (C=O) groups excluding carboxylic acids is 1. The van der Waals surface area contributed by atoms with Crippen molar-refractivity contribution < 1.29 is 9.18 Å². The summed E-state index contributed by atoms with van der Waals surface area (Å²) >= 11 is 0. The van der Waals surface area contributed by atoms with Crippen LogP contribution in [0.5, 0.6) is 0 Å². The normalized spacial score (nSPS) is 11.4. The molecule has 0 aliphatic rings. The molecular weight excluding hydrogens is 217 g/mol. The van der Waals surface area contributed by atoms with E-state index in [9.17, 15) is 9.18 Å². The number of rotatable bonds is 3. The van der Waals surface area contributed by atoms with Crippen molar-refractivity contribution in [3.8, 4) is 0 Å². The van der Waals surface area contributed by atoms with E-state index in [1.54, 1.807) is 6.07 Å². The van der Waals surface area contributed by atoms with Crippen LogP contribution in [-0.2, 0) is 6.42 Å². The van der Waals surface area contributed by atoms with Gasteiger partial charge in [-0.3, -0.25) is 4.79 Å². The van der Waals surface area contributed by atoms with Crippen LogP contribution in [0.3, 0.4) is 0 Å². The van der Waals surface area contributed by atoms with Crippen LogP contribution in [0, 0.1) is 11.2 Å². The topological polar surface area (TPSA) is 29.1 Å². The predicted molar refractivity (Wildman–Crippen MR) is 67.6 cm³/mol. The van der Waals surface area contributed by atoms with E-state index in [4.69, 9.17) is 0 Å². The van der Waals surface area contributed by atoms with Gasteiger partial charge in [-0.15, -0.1) is 0 Å². The second-order valence-electron chi connectivity index (χ2n) is 5.37. The van der Waals surface area contributed by atoms with Crippen molar-refractivity contribution in [2.45, 2.75) is 34.1 Å². The van der Waals surface area contributed by atoms with Gasteiger partial charge in [-0.05, 0) is 30.4 Å². The van der Waals surface area contributed by atoms with Crippen LogP contribution in [0.15, 0.2) is 18.2 Å². The zero-order valence-electron chi connectivity index (χ0n) is 10.9. The monoisotopic (exact) mass is 237 g/mol. The van der Waals surface area contributed by atoms with Crippen molar-refractivity contribution in [3.05, 3.63) is 35.1 Å². The summed E-state index contributed by atoms with van der Waals surface area (Å²) in [6.45, 7) is 8.53. The van der Waals surface area contributed by atoms with Gasteiger partial charge < -0.3 is 5.32 Å². The van der Waals surface area contributed by atoms with Gasteiger partial charge in [0, 0.05) is 6.54 Å². The molecule has 0 bridgehead atoms. The van der Waals surface area contributed by atoms with E-state index in [1.807, 2.05) is 13.0 Å². The maximum absolute atomic E-state index is 13.7. The fraction of sp³-hybridized carbons (Fsp3) is 0.500. The SMILES string of the molecule is CCNC(=O)c1c(F)cccc1CC(C)(C)C. The fourth-order valence-corrected chi connectivity index (χ4v) is 1.79. The molecule has 1 aromatic carbocycles. The first kappa shape index (κ1) is 13.7. The molecule has 1 amide bonds. The maximum atomic E-state index is 13.7. The quantitative estimate of drug-likeness (QED) is 0.859. The minimum absolute atomic E-state index is 0.0229. The Morgan fingerprint density at radius 1 is 1.35 bits per heavy atom. The zero-order chi connectivity index (χ0) is 13.1. The molecule has 1 rings (SSSR count). The lowest BCUT2D eigenvalue weighted by molar-refractivity contribution is 0.0950. The summed E-state index contributed by atoms with van der Waals surface area (Å²) in [4.78, 5) is 11.8. The second-order valence-corrected chi connectivity index (χ2v) is 5.37. The Bertz CT molecular complexity index is 407. The number of nitrogens with one attached hydrogen (secondary N) is 1. The molecule has 0 fully saturated rings. The number of hydrogen-bond acceptors (Lipinski definition) is 1. The highest BCUT2D eigenvalue weighted by molar-refractivity contribution is 5.95. The molecule has 1 N–H and O–H groups in total. The number of carbonyl (C=O) groups is 1. The van der Waals surface area contributed by atoms with Crippen LogP contribution in [0.4, 0.5) is 4.39 Å². The van der Waals surface area contributed by atoms with E-state index in [2.05, 4.69) is 26.1 Å². The molecule has 0 unspecified atom stereocenters. The van der Waals surface area contributed by atoms with Crippen LogP contribution < -0.4 is 5.32 Å². The van der Waals surface area contributed by atoms with E-state index in [-0.39, 0.29) is 16.9 Å². The molecular formula is C14H20FNO. The molecule has 2 nitrogen and oxygen atoms in total. The number of benzene rings is 1. The molecule has 3 heteroatoms. The van der Waals surface area contributed by atoms with E-state index in [1.165, 1.54) is 6.07 Å². The van der Waals surface area contributed by atoms with Gasteiger partial charge in [0.1, 0.15) is 5.82 Å². The van der Waals surface area contributed by atoms with Crippen LogP contribution >= 0.6 is 0 Å². The molecule has 94 valence electrons. The lowest BCUT2D eigenvalue weighted by Gasteiger charge is -2.20. The Morgan fingerprint density at radius 3 is 2.53 bits per heavy atom. The lowest BCUT2D eigenvalue weighted by atomic mass is 9.86. The third-order valence-electron chi connectivity index (χ3n) is 2.39. The Balaban J connectivity index is 3.13. The van der Waals surface area contributed by atoms with Gasteiger partial charge >= 0.3 is 0 Å². The number of halogens is 1. The van der Waals surface area contributed by atoms with Gasteiger partial charge in [-0.1, -0.05) is 32.9 Å². The van der Waals surface area contributed by atoms with Crippen LogP contribution in [0.1, 0.15) is 43.6 Å². The van der Waals surface area contributed by atoms with Gasteiger partial charge in [0.2, 0.25) is 0 Å². The Morgan fingerprint density at radius 2 is 2.00 bits per heavy atom. The first-order valence-corrected chi connectivity index (χ1v) is 5.90. The molecule has 0 aromatic heterocycles. The summed E-state index contributed by atoms with van der Waals surface area (Å²) in [5.74, 6) is -0.775. The van der Waals surface area contributed by atoms with E-state index in [0.29, 0.717) is 13.0 Å². The molecule has 0 aliphatic heterocycles. The van der Waals surface area contributed by atoms with Gasteiger partial charge in [0.25, 0.3) is 5.91 Å². The Labute approximate surface area is 102 Å². The third-order valence-corrected chi connectivity index (χ3v) is 2.39. The molecule has 1 aromatic rings. The average Bonchev–Trinajstić information content (AvgIpc) is 2.15. The van der Waals surface area contributed by atoms with Crippen molar-refractivity contribution in [2.75, 3.05) is 6.54 Å². The molecule has 0 aliphatic carbocycles. The highest BCUT2D eigenvalue weighted by Crippen LogP contribution is 2.24. The molecule has 0 saturated heterocycles. The van der Waals surface area contributed by atoms with Crippen molar-refractivity contribution in [2.24, 2.45) is 5.41 Å². The summed E-state index contributed by atoms with van der Waals surface area (Å²) in [7, 11) is 0. The Kier molecular flexibility index (Phi) is 4.27. The van der Waals surface area contributed by atoms with E-state index < -0.39 is 5.82 Å². The van der Waals surface area contributed by atoms with Gasteiger partial charge in [0.15, 0.2) is 0 Å². The number of hydrogen-bond donors (Lipinski definition) is 1. The van der Waals surface area contributed by atoms with Crippen molar-refractivity contribution >= 4 is 5.91 Å². The largest absolute Gasteiger partial charge is 0.352 e. The summed E-state index contributed by atoms with van der Waals surface area (Å²) in [5, 5.41) is 2.65. The van der Waals surface area contributed by atoms with Crippen molar-refractivity contribution in [1.29, 1.82) is 0 Å². The van der Waals surface area contributed by atoms with Gasteiger partial charge in [-0.25, -0.2) is 4.39 Å². The van der Waals surface area contributed by atoms with Crippen LogP contribution in [0.2, 0.25) is 0 Å². The Hall–Kier alpha value is -1.38. The van der Waals surface area contributed by atoms with Crippen molar-refractivity contribution in [3.63, 3.8) is 0 Å². The summed E-state index contributed by atoms with van der Waals surface area (Å²) in [5.41, 5.74) is 0.974. The first-order valence-electron chi connectivity index (χ1n) is 5.90. The van der Waals surface area contributed by atoms with E-state index in [0.717, 1.165) is 5.56 Å². The second kappa shape index (κ2) is 5.30. The molecule has 0 heterocycles. The fourth-order valence-electron chi connectivity index (χ4n) is 1.79. The first-order chi connectivity index (χ1) is 7.85. The van der Waals surface area contributed by atoms with Crippen molar-refractivity contribution in [1.82, 2.24) is 5.32 Å². The van der Waals surface area contributed by atoms with Crippen LogP contribution in [-0.4, -0.2) is 12.5 Å². The average molecular weight is 237 g/mol. The molecule has 17 heavy (non-hydrogen) atoms. The smallest absolute Gasteiger partial charge is 0.254 e. The van der Waals surface area contributed by atoms with E-state index >= 15 is 0 Å². The predicted octanol–water partition coefficient (Wildman–Crippen LogP) is 3.16. The maximum Gasteiger partial charge on any atom is 0.254 e. The lowest BCUT2D eigenvalue weighted by Crippen LogP contribution is -2.26.